The molecule has 2 atom stereocenters. The van der Waals surface area contributed by atoms with Gasteiger partial charge in [0.25, 0.3) is 0 Å². The van der Waals surface area contributed by atoms with E-state index < -0.39 is 6.10 Å². The molecule has 2 aromatic heterocycles. The maximum atomic E-state index is 9.89. The number of aliphatic hydroxyl groups is 1. The number of hydrogen-bond donors (Lipinski definition) is 2. The van der Waals surface area contributed by atoms with E-state index in [1.165, 1.54) is 0 Å². The zero-order chi connectivity index (χ0) is 17.3. The van der Waals surface area contributed by atoms with Crippen molar-refractivity contribution in [3.63, 3.8) is 0 Å². The van der Waals surface area contributed by atoms with Crippen LogP contribution >= 0.6 is 0 Å². The molecule has 5 nitrogen and oxygen atoms in total. The van der Waals surface area contributed by atoms with Crippen LogP contribution in [-0.2, 0) is 0 Å². The predicted molar refractivity (Wildman–Crippen MR) is 95.0 cm³/mol. The highest BCUT2D eigenvalue weighted by atomic mass is 16.3. The quantitative estimate of drug-likeness (QED) is 0.904. The standard InChI is InChI=1S/C18H26N4O/c1-12(2)20-18-15-10-17(22-7-5-4-6-8-22)19-11-14(15)9-16(21-18)13(3)23/h9-13,23H,4-8H2,1-3H3,(H,20,21)/t13-/m1/s1/i5D/t5-,13-. The normalized spacial score (nSPS) is 20.7. The van der Waals surface area contributed by atoms with Crippen molar-refractivity contribution >= 4 is 22.4 Å². The molecule has 1 aliphatic heterocycles. The molecule has 1 fully saturated rings. The second kappa shape index (κ2) is 6.71. The van der Waals surface area contributed by atoms with E-state index in [1.54, 1.807) is 6.92 Å². The average Bonchev–Trinajstić information content (AvgIpc) is 2.53. The van der Waals surface area contributed by atoms with Gasteiger partial charge in [0.2, 0.25) is 0 Å². The summed E-state index contributed by atoms with van der Waals surface area (Å²) in [6, 6.07) is 4.19. The Bertz CT molecular complexity index is 719. The molecule has 0 radical (unpaired) electrons. The highest BCUT2D eigenvalue weighted by Gasteiger charge is 2.15. The number of rotatable bonds is 4. The Balaban J connectivity index is 2.04. The smallest absolute Gasteiger partial charge is 0.134 e. The summed E-state index contributed by atoms with van der Waals surface area (Å²) in [5.41, 5.74) is 0.643. The van der Waals surface area contributed by atoms with Crippen LogP contribution in [0.4, 0.5) is 11.6 Å². The van der Waals surface area contributed by atoms with Crippen molar-refractivity contribution in [1.29, 1.82) is 0 Å². The molecule has 1 saturated heterocycles. The molecule has 23 heavy (non-hydrogen) atoms. The average molecular weight is 315 g/mol. The van der Waals surface area contributed by atoms with Crippen molar-refractivity contribution < 1.29 is 6.48 Å². The first-order valence-corrected chi connectivity index (χ1v) is 8.36. The number of aromatic nitrogens is 2. The van der Waals surface area contributed by atoms with E-state index in [2.05, 4.69) is 40.1 Å². The van der Waals surface area contributed by atoms with Gasteiger partial charge in [-0.25, -0.2) is 9.97 Å². The molecule has 2 aromatic rings. The molecule has 0 saturated carbocycles. The van der Waals surface area contributed by atoms with Gasteiger partial charge >= 0.3 is 0 Å². The van der Waals surface area contributed by atoms with Crippen LogP contribution in [0.25, 0.3) is 10.8 Å². The Morgan fingerprint density at radius 3 is 2.78 bits per heavy atom. The van der Waals surface area contributed by atoms with Gasteiger partial charge in [-0.2, -0.15) is 0 Å². The Hall–Kier alpha value is -1.88. The molecule has 0 amide bonds. The van der Waals surface area contributed by atoms with Crippen molar-refractivity contribution in [3.8, 4) is 0 Å². The molecule has 0 aliphatic carbocycles. The number of aliphatic hydroxyl groups excluding tert-OH is 1. The highest BCUT2D eigenvalue weighted by molar-refractivity contribution is 5.93. The van der Waals surface area contributed by atoms with Crippen molar-refractivity contribution in [3.05, 3.63) is 24.0 Å². The zero-order valence-electron chi connectivity index (χ0n) is 15.1. The van der Waals surface area contributed by atoms with Crippen molar-refractivity contribution in [2.24, 2.45) is 0 Å². The van der Waals surface area contributed by atoms with Gasteiger partial charge in [-0.15, -0.1) is 0 Å². The summed E-state index contributed by atoms with van der Waals surface area (Å²) in [5.74, 6) is 1.68. The lowest BCUT2D eigenvalue weighted by molar-refractivity contribution is 0.194. The fraction of sp³-hybridized carbons (Fsp3) is 0.556. The summed E-state index contributed by atoms with van der Waals surface area (Å²) in [4.78, 5) is 11.4. The third kappa shape index (κ3) is 3.55. The lowest BCUT2D eigenvalue weighted by atomic mass is 10.1. The van der Waals surface area contributed by atoms with Gasteiger partial charge in [-0.1, -0.05) is 0 Å². The molecule has 0 unspecified atom stereocenters. The summed E-state index contributed by atoms with van der Waals surface area (Å²) < 4.78 is 8.00. The number of pyridine rings is 2. The topological polar surface area (TPSA) is 61.3 Å². The van der Waals surface area contributed by atoms with Crippen LogP contribution in [0.2, 0.25) is 0 Å². The molecule has 0 spiro atoms. The van der Waals surface area contributed by atoms with Crippen molar-refractivity contribution in [1.82, 2.24) is 9.97 Å². The second-order valence-electron chi connectivity index (χ2n) is 6.51. The monoisotopic (exact) mass is 315 g/mol. The molecule has 5 heteroatoms. The van der Waals surface area contributed by atoms with Gasteiger partial charge in [0.15, 0.2) is 0 Å². The minimum absolute atomic E-state index is 0.0414. The first-order chi connectivity index (χ1) is 11.4. The number of piperidine rings is 1. The lowest BCUT2D eigenvalue weighted by Gasteiger charge is -2.28. The van der Waals surface area contributed by atoms with Crippen molar-refractivity contribution in [2.75, 3.05) is 23.3 Å². The van der Waals surface area contributed by atoms with Crippen LogP contribution in [0, 0.1) is 0 Å². The first kappa shape index (κ1) is 14.7. The van der Waals surface area contributed by atoms with Gasteiger partial charge in [0.05, 0.1) is 11.8 Å². The van der Waals surface area contributed by atoms with Crippen molar-refractivity contribution in [2.45, 2.75) is 52.2 Å². The molecular weight excluding hydrogens is 288 g/mol. The van der Waals surface area contributed by atoms with E-state index in [9.17, 15) is 5.11 Å². The van der Waals surface area contributed by atoms with Crippen LogP contribution < -0.4 is 10.2 Å². The van der Waals surface area contributed by atoms with Crippen LogP contribution in [0.3, 0.4) is 0 Å². The highest BCUT2D eigenvalue weighted by Crippen LogP contribution is 2.29. The van der Waals surface area contributed by atoms with Crippen LogP contribution in [-0.4, -0.2) is 34.2 Å². The summed E-state index contributed by atoms with van der Waals surface area (Å²) in [6.45, 7) is 7.53. The van der Waals surface area contributed by atoms with Gasteiger partial charge in [-0.3, -0.25) is 0 Å². The van der Waals surface area contributed by atoms with Gasteiger partial charge in [-0.05, 0) is 52.1 Å². The van der Waals surface area contributed by atoms with Gasteiger partial charge < -0.3 is 15.3 Å². The first-order valence-electron chi connectivity index (χ1n) is 8.94. The maximum absolute atomic E-state index is 9.89. The molecule has 3 rings (SSSR count). The molecule has 124 valence electrons. The van der Waals surface area contributed by atoms with Crippen LogP contribution in [0.5, 0.6) is 0 Å². The summed E-state index contributed by atoms with van der Waals surface area (Å²) >= 11 is 0. The van der Waals surface area contributed by atoms with E-state index in [-0.39, 0.29) is 12.4 Å². The van der Waals surface area contributed by atoms with E-state index in [0.717, 1.165) is 48.3 Å². The third-order valence-electron chi connectivity index (χ3n) is 4.08. The van der Waals surface area contributed by atoms with Gasteiger partial charge in [0, 0.05) is 37.5 Å². The Morgan fingerprint density at radius 1 is 1.26 bits per heavy atom. The third-order valence-corrected chi connectivity index (χ3v) is 4.08. The number of anilines is 2. The molecule has 2 N–H and O–H groups in total. The van der Waals surface area contributed by atoms with E-state index in [0.29, 0.717) is 5.69 Å². The second-order valence-corrected chi connectivity index (χ2v) is 6.51. The SMILES string of the molecule is [2H][C@@H]1CCCN(c2cc3c(NC(C)C)nc([C@@H](C)O)cc3cn2)C1. The van der Waals surface area contributed by atoms with Gasteiger partial charge in [0.1, 0.15) is 11.6 Å². The number of nitrogens with one attached hydrogen (secondary N) is 1. The van der Waals surface area contributed by atoms with Crippen LogP contribution in [0.15, 0.2) is 18.3 Å². The predicted octanol–water partition coefficient (Wildman–Crippen LogP) is 3.49. The summed E-state index contributed by atoms with van der Waals surface area (Å²) in [6.07, 6.45) is 3.18. The van der Waals surface area contributed by atoms with E-state index >= 15 is 0 Å². The largest absolute Gasteiger partial charge is 0.387 e. The molecule has 3 heterocycles. The number of fused-ring (bicyclic) bond motifs is 1. The molecular formula is C18H26N4O. The fourth-order valence-corrected chi connectivity index (χ4v) is 2.90. The summed E-state index contributed by atoms with van der Waals surface area (Å²) in [5, 5.41) is 15.2. The Labute approximate surface area is 139 Å². The molecule has 0 aromatic carbocycles. The van der Waals surface area contributed by atoms with E-state index in [4.69, 9.17) is 1.37 Å². The molecule has 0 bridgehead atoms. The number of hydrogen-bond acceptors (Lipinski definition) is 5. The zero-order valence-corrected chi connectivity index (χ0v) is 14.1. The van der Waals surface area contributed by atoms with Crippen LogP contribution in [0.1, 0.15) is 53.2 Å². The Morgan fingerprint density at radius 2 is 2.09 bits per heavy atom. The fourth-order valence-electron chi connectivity index (χ4n) is 2.90. The number of nitrogens with zero attached hydrogens (tertiary/aromatic N) is 3. The molecule has 1 aliphatic rings. The maximum Gasteiger partial charge on any atom is 0.134 e. The minimum Gasteiger partial charge on any atom is -0.387 e. The lowest BCUT2D eigenvalue weighted by Crippen LogP contribution is -2.30. The minimum atomic E-state index is -0.618. The summed E-state index contributed by atoms with van der Waals surface area (Å²) in [7, 11) is 0. The van der Waals surface area contributed by atoms with E-state index in [1.807, 2.05) is 12.3 Å². The Kier molecular flexibility index (Phi) is 4.28.